The Morgan fingerprint density at radius 3 is 2.60 bits per heavy atom. The number of hydrazine groups is 1. The number of fused-ring (bicyclic) bond motifs is 2. The quantitative estimate of drug-likeness (QED) is 0.803. The Kier molecular flexibility index (Phi) is 2.85. The first kappa shape index (κ1) is 12.5. The zero-order chi connectivity index (χ0) is 14.3. The molecule has 1 aromatic carbocycles. The van der Waals surface area contributed by atoms with Crippen molar-refractivity contribution in [1.29, 1.82) is 0 Å². The predicted molar refractivity (Wildman–Crippen MR) is 72.3 cm³/mol. The van der Waals surface area contributed by atoms with Gasteiger partial charge in [0.25, 0.3) is 5.91 Å². The Balaban J connectivity index is 2.33. The Bertz CT molecular complexity index is 724. The Morgan fingerprint density at radius 1 is 1.20 bits per heavy atom. The van der Waals surface area contributed by atoms with Crippen LogP contribution >= 0.6 is 0 Å². The highest BCUT2D eigenvalue weighted by Gasteiger charge is 2.24. The zero-order valence-electron chi connectivity index (χ0n) is 11.5. The van der Waals surface area contributed by atoms with Gasteiger partial charge in [-0.2, -0.15) is 0 Å². The van der Waals surface area contributed by atoms with Gasteiger partial charge in [-0.25, -0.2) is 0 Å². The van der Waals surface area contributed by atoms with Crippen molar-refractivity contribution in [3.8, 4) is 11.5 Å². The third kappa shape index (κ3) is 1.80. The van der Waals surface area contributed by atoms with Crippen LogP contribution in [-0.4, -0.2) is 31.3 Å². The number of amides is 1. The maximum atomic E-state index is 11.5. The lowest BCUT2D eigenvalue weighted by atomic mass is 10.1. The van der Waals surface area contributed by atoms with E-state index < -0.39 is 0 Å². The van der Waals surface area contributed by atoms with Crippen LogP contribution in [0.5, 0.6) is 11.5 Å². The lowest BCUT2D eigenvalue weighted by molar-refractivity contribution is -0.120. The molecule has 2 aliphatic rings. The third-order valence-corrected chi connectivity index (χ3v) is 3.36. The van der Waals surface area contributed by atoms with Crippen LogP contribution in [0.15, 0.2) is 29.3 Å². The highest BCUT2D eigenvalue weighted by Crippen LogP contribution is 2.24. The van der Waals surface area contributed by atoms with Gasteiger partial charge in [-0.05, 0) is 19.1 Å². The van der Waals surface area contributed by atoms with Crippen LogP contribution in [0.4, 0.5) is 0 Å². The molecule has 2 aliphatic heterocycles. The summed E-state index contributed by atoms with van der Waals surface area (Å²) in [6, 6.07) is 3.72. The topological polar surface area (TPSA) is 63.2 Å². The second-order valence-electron chi connectivity index (χ2n) is 4.55. The van der Waals surface area contributed by atoms with Crippen LogP contribution in [0.25, 0.3) is 5.70 Å². The fraction of sp³-hybridized carbons (Fsp3) is 0.286. The van der Waals surface area contributed by atoms with E-state index in [1.165, 1.54) is 6.08 Å². The van der Waals surface area contributed by atoms with Gasteiger partial charge >= 0.3 is 0 Å². The first-order valence-corrected chi connectivity index (χ1v) is 6.26. The second kappa shape index (κ2) is 4.56. The van der Waals surface area contributed by atoms with Gasteiger partial charge in [0.15, 0.2) is 11.5 Å². The highest BCUT2D eigenvalue weighted by molar-refractivity contribution is 5.91. The minimum Gasteiger partial charge on any atom is -0.493 e. The van der Waals surface area contributed by atoms with E-state index in [0.29, 0.717) is 11.5 Å². The van der Waals surface area contributed by atoms with E-state index >= 15 is 0 Å². The number of carbonyl (C=O) groups is 1. The summed E-state index contributed by atoms with van der Waals surface area (Å²) in [5.41, 5.74) is 3.67. The number of nitrogens with one attached hydrogen (secondary N) is 1. The van der Waals surface area contributed by atoms with Crippen LogP contribution in [0.3, 0.4) is 0 Å². The number of methoxy groups -OCH3 is 2. The van der Waals surface area contributed by atoms with Crippen LogP contribution in [0.1, 0.15) is 6.92 Å². The van der Waals surface area contributed by atoms with Crippen LogP contribution in [-0.2, 0) is 4.79 Å². The van der Waals surface area contributed by atoms with Crippen molar-refractivity contribution >= 4 is 11.6 Å². The maximum absolute atomic E-state index is 11.5. The van der Waals surface area contributed by atoms with Gasteiger partial charge in [-0.15, -0.1) is 0 Å². The van der Waals surface area contributed by atoms with E-state index in [9.17, 15) is 4.79 Å². The molecule has 1 amide bonds. The molecule has 1 N–H and O–H groups in total. The number of hydrogen-bond donors (Lipinski definition) is 1. The standard InChI is InChI=1S/C14H15N3O3/c1-8-15-10-7-13(20-3)12(19-2)6-9(10)11-4-5-14(18)16-17(8)11/h4-8H,1-3H3,(H,16,18). The molecule has 1 atom stereocenters. The van der Waals surface area contributed by atoms with Crippen LogP contribution in [0, 0.1) is 0 Å². The van der Waals surface area contributed by atoms with E-state index in [0.717, 1.165) is 16.3 Å². The van der Waals surface area contributed by atoms with E-state index in [1.54, 1.807) is 25.3 Å². The summed E-state index contributed by atoms with van der Waals surface area (Å²) < 4.78 is 10.6. The average Bonchev–Trinajstić information content (AvgIpc) is 2.46. The van der Waals surface area contributed by atoms with Crippen molar-refractivity contribution in [3.63, 3.8) is 0 Å². The summed E-state index contributed by atoms with van der Waals surface area (Å²) in [7, 11) is 3.18. The summed E-state index contributed by atoms with van der Waals surface area (Å²) in [5, 5.41) is 3.47. The van der Waals surface area contributed by atoms with E-state index in [-0.39, 0.29) is 12.1 Å². The maximum Gasteiger partial charge on any atom is 0.262 e. The minimum atomic E-state index is -0.176. The molecule has 0 fully saturated rings. The lowest BCUT2D eigenvalue weighted by Crippen LogP contribution is -2.53. The number of carbonyl (C=O) groups excluding carboxylic acids is 1. The molecular formula is C14H15N3O3. The van der Waals surface area contributed by atoms with Gasteiger partial charge < -0.3 is 9.47 Å². The molecule has 0 spiro atoms. The summed E-state index contributed by atoms with van der Waals surface area (Å²) in [6.45, 7) is 1.92. The molecule has 0 saturated heterocycles. The molecule has 0 saturated carbocycles. The van der Waals surface area contributed by atoms with E-state index in [1.807, 2.05) is 19.1 Å². The largest absolute Gasteiger partial charge is 0.493 e. The fourth-order valence-electron chi connectivity index (χ4n) is 2.40. The molecule has 2 heterocycles. The van der Waals surface area contributed by atoms with Gasteiger partial charge in [0, 0.05) is 17.4 Å². The molecule has 20 heavy (non-hydrogen) atoms. The zero-order valence-corrected chi connectivity index (χ0v) is 11.5. The third-order valence-electron chi connectivity index (χ3n) is 3.36. The molecule has 104 valence electrons. The number of hydrogen-bond acceptors (Lipinski definition) is 5. The number of benzene rings is 1. The Labute approximate surface area is 116 Å². The first-order valence-electron chi connectivity index (χ1n) is 6.26. The van der Waals surface area contributed by atoms with Crippen molar-refractivity contribution in [1.82, 2.24) is 10.4 Å². The Morgan fingerprint density at radius 2 is 1.90 bits per heavy atom. The molecule has 3 rings (SSSR count). The SMILES string of the molecule is COc1cc2c(cc1OC)=C1C=CC(=O)NN1C(C)N=2. The van der Waals surface area contributed by atoms with Gasteiger partial charge in [-0.3, -0.25) is 20.2 Å². The minimum absolute atomic E-state index is 0.153. The van der Waals surface area contributed by atoms with Crippen molar-refractivity contribution in [3.05, 3.63) is 34.9 Å². The summed E-state index contributed by atoms with van der Waals surface area (Å²) in [4.78, 5) is 16.0. The molecule has 0 radical (unpaired) electrons. The van der Waals surface area contributed by atoms with Crippen molar-refractivity contribution in [2.24, 2.45) is 4.99 Å². The average molecular weight is 273 g/mol. The molecule has 6 heteroatoms. The molecule has 0 aliphatic carbocycles. The monoisotopic (exact) mass is 273 g/mol. The van der Waals surface area contributed by atoms with Crippen molar-refractivity contribution in [2.75, 3.05) is 14.2 Å². The van der Waals surface area contributed by atoms with Gasteiger partial charge in [0.05, 0.1) is 25.3 Å². The highest BCUT2D eigenvalue weighted by atomic mass is 16.5. The normalized spacial score (nSPS) is 19.8. The second-order valence-corrected chi connectivity index (χ2v) is 4.55. The van der Waals surface area contributed by atoms with E-state index in [4.69, 9.17) is 9.47 Å². The molecule has 0 bridgehead atoms. The van der Waals surface area contributed by atoms with E-state index in [2.05, 4.69) is 10.4 Å². The molecule has 6 nitrogen and oxygen atoms in total. The lowest BCUT2D eigenvalue weighted by Gasteiger charge is -2.34. The molecular weight excluding hydrogens is 258 g/mol. The van der Waals surface area contributed by atoms with Crippen molar-refractivity contribution < 1.29 is 14.3 Å². The molecule has 1 aromatic rings. The molecule has 1 unspecified atom stereocenters. The first-order chi connectivity index (χ1) is 9.63. The smallest absolute Gasteiger partial charge is 0.262 e. The van der Waals surface area contributed by atoms with Gasteiger partial charge in [0.2, 0.25) is 0 Å². The Hall–Kier alpha value is -2.50. The van der Waals surface area contributed by atoms with Crippen LogP contribution in [0.2, 0.25) is 0 Å². The fourth-order valence-corrected chi connectivity index (χ4v) is 2.40. The molecule has 0 aromatic heterocycles. The van der Waals surface area contributed by atoms with Gasteiger partial charge in [0.1, 0.15) is 6.17 Å². The summed E-state index contributed by atoms with van der Waals surface area (Å²) >= 11 is 0. The summed E-state index contributed by atoms with van der Waals surface area (Å²) in [6.07, 6.45) is 3.11. The number of rotatable bonds is 2. The van der Waals surface area contributed by atoms with Crippen molar-refractivity contribution in [2.45, 2.75) is 13.1 Å². The predicted octanol–water partition coefficient (Wildman–Crippen LogP) is -0.306. The number of ether oxygens (including phenoxy) is 2. The number of nitrogens with zero attached hydrogens (tertiary/aromatic N) is 2. The van der Waals surface area contributed by atoms with Gasteiger partial charge in [-0.1, -0.05) is 0 Å². The summed E-state index contributed by atoms with van der Waals surface area (Å²) in [5.74, 6) is 1.12. The van der Waals surface area contributed by atoms with Crippen LogP contribution < -0.4 is 25.5 Å².